The minimum atomic E-state index is -0.192. The molecule has 0 amide bonds. The van der Waals surface area contributed by atoms with Crippen molar-refractivity contribution in [2.75, 3.05) is 0 Å². The zero-order valence-electron chi connectivity index (χ0n) is 19.3. The van der Waals surface area contributed by atoms with E-state index >= 15 is 0 Å². The molecule has 0 unspecified atom stereocenters. The molecule has 2 aromatic carbocycles. The molecule has 0 aromatic heterocycles. The second-order valence-electron chi connectivity index (χ2n) is 10.1. The molecule has 32 heavy (non-hydrogen) atoms. The summed E-state index contributed by atoms with van der Waals surface area (Å²) in [7, 11) is 0. The molecule has 0 radical (unpaired) electrons. The molecule has 4 rings (SSSR count). The fourth-order valence-electron chi connectivity index (χ4n) is 4.67. The second kappa shape index (κ2) is 9.43. The normalized spacial score (nSPS) is 24.4. The van der Waals surface area contributed by atoms with Crippen molar-refractivity contribution < 1.29 is 19.8 Å². The Kier molecular flexibility index (Phi) is 7.06. The van der Waals surface area contributed by atoms with E-state index in [-0.39, 0.29) is 46.2 Å². The molecular formula is C26H34N2O4. The number of hydrogen-bond donors (Lipinski definition) is 4. The van der Waals surface area contributed by atoms with Gasteiger partial charge in [-0.25, -0.2) is 0 Å². The molecule has 6 heteroatoms. The highest BCUT2D eigenvalue weighted by molar-refractivity contribution is 5.82. The summed E-state index contributed by atoms with van der Waals surface area (Å²) in [6, 6.07) is 14.2. The van der Waals surface area contributed by atoms with Crippen LogP contribution >= 0.6 is 0 Å². The van der Waals surface area contributed by atoms with E-state index in [1.165, 1.54) is 0 Å². The lowest BCUT2D eigenvalue weighted by Gasteiger charge is -2.36. The number of nitrogens with one attached hydrogen (secondary N) is 2. The number of carbonyl (C=O) groups is 2. The fourth-order valence-corrected chi connectivity index (χ4v) is 4.67. The average Bonchev–Trinajstić information content (AvgIpc) is 2.66. The van der Waals surface area contributed by atoms with Gasteiger partial charge in [-0.15, -0.1) is 0 Å². The summed E-state index contributed by atoms with van der Waals surface area (Å²) in [6.45, 7) is 8.04. The van der Waals surface area contributed by atoms with E-state index < -0.39 is 0 Å². The number of ketones is 2. The van der Waals surface area contributed by atoms with E-state index in [0.717, 1.165) is 11.1 Å². The molecule has 2 aliphatic heterocycles. The molecule has 2 aliphatic rings. The smallest absolute Gasteiger partial charge is 0.136 e. The van der Waals surface area contributed by atoms with Gasteiger partial charge >= 0.3 is 0 Å². The molecule has 0 bridgehead atoms. The molecule has 172 valence electrons. The van der Waals surface area contributed by atoms with Crippen LogP contribution in [-0.4, -0.2) is 32.9 Å². The molecule has 2 atom stereocenters. The van der Waals surface area contributed by atoms with Crippen molar-refractivity contribution in [1.29, 1.82) is 0 Å². The molecule has 6 nitrogen and oxygen atoms in total. The van der Waals surface area contributed by atoms with Gasteiger partial charge in [0.2, 0.25) is 0 Å². The minimum absolute atomic E-state index is 0.0718. The van der Waals surface area contributed by atoms with Crippen molar-refractivity contribution in [2.45, 2.75) is 76.5 Å². The maximum absolute atomic E-state index is 11.7. The van der Waals surface area contributed by atoms with Crippen molar-refractivity contribution in [2.24, 2.45) is 0 Å². The van der Waals surface area contributed by atoms with Gasteiger partial charge in [-0.05, 0) is 39.8 Å². The lowest BCUT2D eigenvalue weighted by Crippen LogP contribution is -2.48. The predicted octanol–water partition coefficient (Wildman–Crippen LogP) is 4.33. The first-order valence-electron chi connectivity index (χ1n) is 11.1. The maximum Gasteiger partial charge on any atom is 0.136 e. The fraction of sp³-hybridized carbons (Fsp3) is 0.462. The Labute approximate surface area is 190 Å². The molecule has 2 fully saturated rings. The summed E-state index contributed by atoms with van der Waals surface area (Å²) in [6.07, 6.45) is 2.02. The minimum Gasteiger partial charge on any atom is -0.508 e. The van der Waals surface area contributed by atoms with Crippen LogP contribution in [0.15, 0.2) is 48.5 Å². The first-order valence-corrected chi connectivity index (χ1v) is 11.1. The average molecular weight is 439 g/mol. The molecule has 0 spiro atoms. The third-order valence-electron chi connectivity index (χ3n) is 5.90. The molecule has 2 aromatic rings. The van der Waals surface area contributed by atoms with Crippen molar-refractivity contribution in [3.8, 4) is 11.5 Å². The Hall–Kier alpha value is -2.70. The second-order valence-corrected chi connectivity index (χ2v) is 10.1. The monoisotopic (exact) mass is 438 g/mol. The molecule has 2 heterocycles. The van der Waals surface area contributed by atoms with Crippen LogP contribution in [0.3, 0.4) is 0 Å². The van der Waals surface area contributed by atoms with E-state index in [0.29, 0.717) is 25.7 Å². The van der Waals surface area contributed by atoms with E-state index in [4.69, 9.17) is 0 Å². The molecular weight excluding hydrogens is 404 g/mol. The summed E-state index contributed by atoms with van der Waals surface area (Å²) < 4.78 is 0. The highest BCUT2D eigenvalue weighted by atomic mass is 16.3. The van der Waals surface area contributed by atoms with Crippen LogP contribution in [0.1, 0.15) is 76.6 Å². The molecule has 4 N–H and O–H groups in total. The van der Waals surface area contributed by atoms with E-state index in [2.05, 4.69) is 10.6 Å². The predicted molar refractivity (Wildman–Crippen MR) is 125 cm³/mol. The summed E-state index contributed by atoms with van der Waals surface area (Å²) >= 11 is 0. The van der Waals surface area contributed by atoms with Gasteiger partial charge in [-0.3, -0.25) is 9.59 Å². The third kappa shape index (κ3) is 6.17. The maximum atomic E-state index is 11.7. The zero-order valence-corrected chi connectivity index (χ0v) is 19.3. The summed E-state index contributed by atoms with van der Waals surface area (Å²) in [5, 5.41) is 26.3. The van der Waals surface area contributed by atoms with Gasteiger partial charge in [-0.2, -0.15) is 0 Å². The van der Waals surface area contributed by atoms with Gasteiger partial charge < -0.3 is 20.8 Å². The van der Waals surface area contributed by atoms with E-state index in [9.17, 15) is 19.8 Å². The standard InChI is InChI=1S/2C13H17NO2/c2*1-13(2)8-9(15)7-11(14-13)10-5-3-4-6-12(10)16/h2*3-6,11,14,16H,7-8H2,1-2H3/t2*11-/m10/s1. The van der Waals surface area contributed by atoms with Gasteiger partial charge in [0.25, 0.3) is 0 Å². The number of aromatic hydroxyl groups is 2. The zero-order chi connectivity index (χ0) is 23.5. The molecule has 0 saturated carbocycles. The highest BCUT2D eigenvalue weighted by Crippen LogP contribution is 2.34. The SMILES string of the molecule is CC1(C)CC(=O)C[C@@H](c2ccccc2O)N1.CC1(C)CC(=O)C[C@H](c2ccccc2O)N1. The van der Waals surface area contributed by atoms with Crippen LogP contribution in [0.4, 0.5) is 0 Å². The number of phenolic OH excluding ortho intramolecular Hbond substituents is 2. The van der Waals surface area contributed by atoms with Gasteiger partial charge in [0.05, 0.1) is 0 Å². The van der Waals surface area contributed by atoms with Crippen LogP contribution < -0.4 is 10.6 Å². The van der Waals surface area contributed by atoms with Crippen molar-refractivity contribution in [1.82, 2.24) is 10.6 Å². The van der Waals surface area contributed by atoms with Crippen LogP contribution in [-0.2, 0) is 9.59 Å². The summed E-state index contributed by atoms with van der Waals surface area (Å²) in [4.78, 5) is 23.3. The number of para-hydroxylation sites is 2. The number of benzene rings is 2. The van der Waals surface area contributed by atoms with Crippen LogP contribution in [0.5, 0.6) is 11.5 Å². The van der Waals surface area contributed by atoms with E-state index in [1.54, 1.807) is 24.3 Å². The van der Waals surface area contributed by atoms with Crippen LogP contribution in [0.25, 0.3) is 0 Å². The first-order chi connectivity index (χ1) is 15.0. The summed E-state index contributed by atoms with van der Waals surface area (Å²) in [5.74, 6) is 1.00. The Morgan fingerprint density at radius 2 is 1.03 bits per heavy atom. The van der Waals surface area contributed by atoms with Gasteiger partial charge in [-0.1, -0.05) is 36.4 Å². The highest BCUT2D eigenvalue weighted by Gasteiger charge is 2.34. The Morgan fingerprint density at radius 1 is 0.688 bits per heavy atom. The number of Topliss-reactive ketones (excluding diaryl/α,β-unsaturated/α-hetero) is 2. The van der Waals surface area contributed by atoms with Gasteiger partial charge in [0.15, 0.2) is 0 Å². The Morgan fingerprint density at radius 3 is 1.34 bits per heavy atom. The number of hydrogen-bond acceptors (Lipinski definition) is 6. The van der Waals surface area contributed by atoms with Gasteiger partial charge in [0, 0.05) is 60.0 Å². The van der Waals surface area contributed by atoms with Crippen LogP contribution in [0, 0.1) is 0 Å². The lowest BCUT2D eigenvalue weighted by atomic mass is 9.85. The van der Waals surface area contributed by atoms with Crippen molar-refractivity contribution >= 4 is 11.6 Å². The van der Waals surface area contributed by atoms with Crippen molar-refractivity contribution in [3.63, 3.8) is 0 Å². The lowest BCUT2D eigenvalue weighted by molar-refractivity contribution is -0.123. The number of rotatable bonds is 2. The largest absolute Gasteiger partial charge is 0.508 e. The first kappa shape index (κ1) is 24.0. The van der Waals surface area contributed by atoms with E-state index in [1.807, 2.05) is 52.0 Å². The van der Waals surface area contributed by atoms with Crippen molar-refractivity contribution in [3.05, 3.63) is 59.7 Å². The number of carbonyl (C=O) groups excluding carboxylic acids is 2. The summed E-state index contributed by atoms with van der Waals surface area (Å²) in [5.41, 5.74) is 1.23. The number of phenols is 2. The Bertz CT molecular complexity index is 904. The van der Waals surface area contributed by atoms with Gasteiger partial charge in [0.1, 0.15) is 23.1 Å². The number of piperidine rings is 2. The third-order valence-corrected chi connectivity index (χ3v) is 5.90. The van der Waals surface area contributed by atoms with Crippen LogP contribution in [0.2, 0.25) is 0 Å². The Balaban J connectivity index is 0.000000181. The molecule has 2 saturated heterocycles. The molecule has 0 aliphatic carbocycles. The topological polar surface area (TPSA) is 98.7 Å². The quantitative estimate of drug-likeness (QED) is 0.557.